The lowest BCUT2D eigenvalue weighted by Crippen LogP contribution is -2.23. The lowest BCUT2D eigenvalue weighted by Gasteiger charge is -2.20. The molecule has 0 bridgehead atoms. The zero-order chi connectivity index (χ0) is 14.5. The van der Waals surface area contributed by atoms with E-state index in [1.807, 2.05) is 17.4 Å². The van der Waals surface area contributed by atoms with E-state index in [0.717, 1.165) is 18.7 Å². The normalized spacial score (nSPS) is 12.4. The molecular weight excluding hydrogens is 266 g/mol. The SMILES string of the molecule is CCCNC(c1ccc(C)s1)c1ccc(OC)cc1C. The second-order valence-corrected chi connectivity index (χ2v) is 6.38. The van der Waals surface area contributed by atoms with Crippen molar-refractivity contribution in [2.45, 2.75) is 33.2 Å². The van der Waals surface area contributed by atoms with Gasteiger partial charge in [0, 0.05) is 9.75 Å². The molecule has 1 unspecified atom stereocenters. The van der Waals surface area contributed by atoms with Crippen LogP contribution in [0.2, 0.25) is 0 Å². The van der Waals surface area contributed by atoms with Crippen molar-refractivity contribution in [3.63, 3.8) is 0 Å². The molecule has 1 atom stereocenters. The summed E-state index contributed by atoms with van der Waals surface area (Å²) >= 11 is 1.87. The monoisotopic (exact) mass is 289 g/mol. The second kappa shape index (κ2) is 6.91. The highest BCUT2D eigenvalue weighted by Gasteiger charge is 2.17. The maximum Gasteiger partial charge on any atom is 0.119 e. The van der Waals surface area contributed by atoms with Crippen molar-refractivity contribution in [3.8, 4) is 5.75 Å². The van der Waals surface area contributed by atoms with Gasteiger partial charge in [0.1, 0.15) is 5.75 Å². The van der Waals surface area contributed by atoms with E-state index in [1.165, 1.54) is 20.9 Å². The molecular formula is C17H23NOS. The Morgan fingerprint density at radius 2 is 2.00 bits per heavy atom. The van der Waals surface area contributed by atoms with Gasteiger partial charge in [-0.2, -0.15) is 0 Å². The molecule has 1 aromatic heterocycles. The van der Waals surface area contributed by atoms with Gasteiger partial charge in [0.2, 0.25) is 0 Å². The van der Waals surface area contributed by atoms with E-state index in [0.29, 0.717) is 0 Å². The third kappa shape index (κ3) is 3.41. The summed E-state index contributed by atoms with van der Waals surface area (Å²) in [4.78, 5) is 2.73. The fraction of sp³-hybridized carbons (Fsp3) is 0.412. The molecule has 0 amide bonds. The number of ether oxygens (including phenoxy) is 1. The van der Waals surface area contributed by atoms with E-state index >= 15 is 0 Å². The summed E-state index contributed by atoms with van der Waals surface area (Å²) < 4.78 is 5.30. The Morgan fingerprint density at radius 3 is 2.55 bits per heavy atom. The minimum Gasteiger partial charge on any atom is -0.497 e. The van der Waals surface area contributed by atoms with Crippen molar-refractivity contribution in [1.82, 2.24) is 5.32 Å². The molecule has 1 aromatic carbocycles. The molecule has 0 fully saturated rings. The van der Waals surface area contributed by atoms with Crippen LogP contribution in [0.25, 0.3) is 0 Å². The van der Waals surface area contributed by atoms with Crippen molar-refractivity contribution in [1.29, 1.82) is 0 Å². The maximum atomic E-state index is 5.30. The summed E-state index contributed by atoms with van der Waals surface area (Å²) in [7, 11) is 1.71. The standard InChI is InChI=1S/C17H23NOS/c1-5-10-18-17(16-9-6-13(3)20-16)15-8-7-14(19-4)11-12(15)2/h6-9,11,17-18H,5,10H2,1-4H3. The molecule has 0 aliphatic carbocycles. The molecule has 2 rings (SSSR count). The van der Waals surface area contributed by atoms with Crippen LogP contribution in [0.1, 0.15) is 40.3 Å². The summed E-state index contributed by atoms with van der Waals surface area (Å²) in [5, 5.41) is 3.66. The molecule has 0 spiro atoms. The molecule has 0 aliphatic heterocycles. The molecule has 3 heteroatoms. The highest BCUT2D eigenvalue weighted by molar-refractivity contribution is 7.12. The molecule has 0 aliphatic rings. The van der Waals surface area contributed by atoms with E-state index in [2.05, 4.69) is 50.4 Å². The number of hydrogen-bond acceptors (Lipinski definition) is 3. The first-order valence-electron chi connectivity index (χ1n) is 7.10. The summed E-state index contributed by atoms with van der Waals surface area (Å²) in [5.74, 6) is 0.919. The van der Waals surface area contributed by atoms with Crippen LogP contribution in [0.15, 0.2) is 30.3 Å². The van der Waals surface area contributed by atoms with Crippen LogP contribution in [0.4, 0.5) is 0 Å². The predicted molar refractivity (Wildman–Crippen MR) is 86.9 cm³/mol. The molecule has 108 valence electrons. The van der Waals surface area contributed by atoms with Crippen molar-refractivity contribution in [3.05, 3.63) is 51.2 Å². The topological polar surface area (TPSA) is 21.3 Å². The Balaban J connectivity index is 2.35. The Labute approximate surface area is 125 Å². The van der Waals surface area contributed by atoms with Gasteiger partial charge in [-0.1, -0.05) is 13.0 Å². The van der Waals surface area contributed by atoms with Crippen molar-refractivity contribution in [2.75, 3.05) is 13.7 Å². The molecule has 0 saturated heterocycles. The first kappa shape index (κ1) is 15.1. The fourth-order valence-electron chi connectivity index (χ4n) is 2.36. The quantitative estimate of drug-likeness (QED) is 0.847. The lowest BCUT2D eigenvalue weighted by atomic mass is 9.99. The number of thiophene rings is 1. The number of methoxy groups -OCH3 is 1. The summed E-state index contributed by atoms with van der Waals surface area (Å²) in [6, 6.07) is 11.0. The Morgan fingerprint density at radius 1 is 1.20 bits per heavy atom. The first-order valence-corrected chi connectivity index (χ1v) is 7.91. The van der Waals surface area contributed by atoms with Gasteiger partial charge in [0.05, 0.1) is 13.2 Å². The van der Waals surface area contributed by atoms with Gasteiger partial charge >= 0.3 is 0 Å². The predicted octanol–water partition coefficient (Wildman–Crippen LogP) is 4.46. The van der Waals surface area contributed by atoms with E-state index in [-0.39, 0.29) is 6.04 Å². The number of hydrogen-bond donors (Lipinski definition) is 1. The number of rotatable bonds is 6. The van der Waals surface area contributed by atoms with Crippen molar-refractivity contribution < 1.29 is 4.74 Å². The maximum absolute atomic E-state index is 5.30. The zero-order valence-corrected chi connectivity index (χ0v) is 13.5. The minimum absolute atomic E-state index is 0.277. The number of aryl methyl sites for hydroxylation is 2. The van der Waals surface area contributed by atoms with Gasteiger partial charge in [0.25, 0.3) is 0 Å². The van der Waals surface area contributed by atoms with Crippen LogP contribution in [-0.4, -0.2) is 13.7 Å². The van der Waals surface area contributed by atoms with Gasteiger partial charge in [-0.25, -0.2) is 0 Å². The summed E-state index contributed by atoms with van der Waals surface area (Å²) in [6.45, 7) is 7.53. The minimum atomic E-state index is 0.277. The fourth-order valence-corrected chi connectivity index (χ4v) is 3.33. The van der Waals surface area contributed by atoms with Crippen LogP contribution < -0.4 is 10.1 Å². The molecule has 0 radical (unpaired) electrons. The summed E-state index contributed by atoms with van der Waals surface area (Å²) in [6.07, 6.45) is 1.13. The van der Waals surface area contributed by atoms with Gasteiger partial charge in [-0.15, -0.1) is 11.3 Å². The average molecular weight is 289 g/mol. The largest absolute Gasteiger partial charge is 0.497 e. The summed E-state index contributed by atoms with van der Waals surface area (Å²) in [5.41, 5.74) is 2.60. The third-order valence-electron chi connectivity index (χ3n) is 3.43. The molecule has 2 aromatic rings. The van der Waals surface area contributed by atoms with Crippen LogP contribution in [-0.2, 0) is 0 Å². The highest BCUT2D eigenvalue weighted by atomic mass is 32.1. The molecule has 20 heavy (non-hydrogen) atoms. The van der Waals surface area contributed by atoms with Crippen LogP contribution in [0.5, 0.6) is 5.75 Å². The van der Waals surface area contributed by atoms with E-state index in [4.69, 9.17) is 4.74 Å². The van der Waals surface area contributed by atoms with Crippen molar-refractivity contribution >= 4 is 11.3 Å². The van der Waals surface area contributed by atoms with Crippen LogP contribution in [0.3, 0.4) is 0 Å². The second-order valence-electron chi connectivity index (χ2n) is 5.06. The van der Waals surface area contributed by atoms with Crippen molar-refractivity contribution in [2.24, 2.45) is 0 Å². The molecule has 1 N–H and O–H groups in total. The van der Waals surface area contributed by atoms with Gasteiger partial charge in [-0.05, 0) is 62.2 Å². The smallest absolute Gasteiger partial charge is 0.119 e. The molecule has 0 saturated carbocycles. The Hall–Kier alpha value is -1.32. The third-order valence-corrected chi connectivity index (χ3v) is 4.50. The zero-order valence-electron chi connectivity index (χ0n) is 12.7. The Bertz CT molecular complexity index is 562. The van der Waals surface area contributed by atoms with Crippen LogP contribution >= 0.6 is 11.3 Å². The Kier molecular flexibility index (Phi) is 5.21. The highest BCUT2D eigenvalue weighted by Crippen LogP contribution is 2.31. The lowest BCUT2D eigenvalue weighted by molar-refractivity contribution is 0.414. The van der Waals surface area contributed by atoms with E-state index in [1.54, 1.807) is 7.11 Å². The number of benzene rings is 1. The molecule has 1 heterocycles. The van der Waals surface area contributed by atoms with Gasteiger partial charge in [-0.3, -0.25) is 0 Å². The van der Waals surface area contributed by atoms with E-state index in [9.17, 15) is 0 Å². The average Bonchev–Trinajstić information content (AvgIpc) is 2.87. The van der Waals surface area contributed by atoms with Gasteiger partial charge < -0.3 is 10.1 Å². The first-order chi connectivity index (χ1) is 9.65. The van der Waals surface area contributed by atoms with E-state index < -0.39 is 0 Å². The number of nitrogens with one attached hydrogen (secondary N) is 1. The van der Waals surface area contributed by atoms with Crippen LogP contribution in [0, 0.1) is 13.8 Å². The van der Waals surface area contributed by atoms with Gasteiger partial charge in [0.15, 0.2) is 0 Å². The molecule has 2 nitrogen and oxygen atoms in total.